The summed E-state index contributed by atoms with van der Waals surface area (Å²) in [5, 5.41) is 20.4. The second kappa shape index (κ2) is 6.76. The molecule has 0 aliphatic rings. The first kappa shape index (κ1) is 15.8. The van der Waals surface area contributed by atoms with Crippen LogP contribution in [0.3, 0.4) is 0 Å². The lowest BCUT2D eigenvalue weighted by Gasteiger charge is -2.32. The number of halogens is 2. The van der Waals surface area contributed by atoms with Gasteiger partial charge in [0, 0.05) is 15.5 Å². The van der Waals surface area contributed by atoms with Crippen LogP contribution in [0.2, 0.25) is 10.0 Å². The molecule has 0 unspecified atom stereocenters. The number of hydrogen-bond donors (Lipinski definition) is 2. The maximum absolute atomic E-state index is 9.62. The standard InChI is InChI=1S/C14H20Cl2O2/c1-10(2)6-14(8-17,9-18)7-11-12(15)4-3-5-13(11)16/h3-5,10,17-18H,6-9H2,1-2H3. The third-order valence-corrected chi connectivity index (χ3v) is 3.83. The molecule has 0 saturated carbocycles. The highest BCUT2D eigenvalue weighted by atomic mass is 35.5. The van der Waals surface area contributed by atoms with Gasteiger partial charge >= 0.3 is 0 Å². The molecule has 1 aromatic carbocycles. The molecule has 0 aromatic heterocycles. The van der Waals surface area contributed by atoms with Crippen molar-refractivity contribution < 1.29 is 10.2 Å². The summed E-state index contributed by atoms with van der Waals surface area (Å²) >= 11 is 12.3. The molecule has 1 rings (SSSR count). The Bertz CT molecular complexity index is 367. The van der Waals surface area contributed by atoms with Gasteiger partial charge in [0.2, 0.25) is 0 Å². The minimum atomic E-state index is -0.567. The van der Waals surface area contributed by atoms with Gasteiger partial charge in [-0.05, 0) is 36.5 Å². The van der Waals surface area contributed by atoms with Gasteiger partial charge in [0.15, 0.2) is 0 Å². The summed E-state index contributed by atoms with van der Waals surface area (Å²) in [4.78, 5) is 0. The Morgan fingerprint density at radius 2 is 1.61 bits per heavy atom. The highest BCUT2D eigenvalue weighted by Gasteiger charge is 2.31. The molecule has 0 aliphatic heterocycles. The Kier molecular flexibility index (Phi) is 5.93. The van der Waals surface area contributed by atoms with Gasteiger partial charge in [0.25, 0.3) is 0 Å². The lowest BCUT2D eigenvalue weighted by atomic mass is 9.76. The fourth-order valence-electron chi connectivity index (χ4n) is 2.31. The number of benzene rings is 1. The largest absolute Gasteiger partial charge is 0.396 e. The molecule has 1 aromatic rings. The van der Waals surface area contributed by atoms with E-state index in [0.29, 0.717) is 22.4 Å². The summed E-state index contributed by atoms with van der Waals surface area (Å²) < 4.78 is 0. The summed E-state index contributed by atoms with van der Waals surface area (Å²) in [7, 11) is 0. The van der Waals surface area contributed by atoms with Crippen molar-refractivity contribution in [1.29, 1.82) is 0 Å². The predicted octanol–water partition coefficient (Wildman–Crippen LogP) is 3.55. The van der Waals surface area contributed by atoms with Crippen LogP contribution in [0, 0.1) is 11.3 Å². The quantitative estimate of drug-likeness (QED) is 0.841. The van der Waals surface area contributed by atoms with Crippen molar-refractivity contribution in [2.24, 2.45) is 11.3 Å². The zero-order valence-corrected chi connectivity index (χ0v) is 12.3. The van der Waals surface area contributed by atoms with Crippen LogP contribution in [0.25, 0.3) is 0 Å². The van der Waals surface area contributed by atoms with Gasteiger partial charge in [0.05, 0.1) is 13.2 Å². The molecule has 0 atom stereocenters. The average Bonchev–Trinajstić information content (AvgIpc) is 2.32. The van der Waals surface area contributed by atoms with Crippen molar-refractivity contribution in [1.82, 2.24) is 0 Å². The van der Waals surface area contributed by atoms with Crippen LogP contribution in [0.5, 0.6) is 0 Å². The number of hydrogen-bond acceptors (Lipinski definition) is 2. The van der Waals surface area contributed by atoms with Crippen molar-refractivity contribution in [3.8, 4) is 0 Å². The SMILES string of the molecule is CC(C)CC(CO)(CO)Cc1c(Cl)cccc1Cl. The summed E-state index contributed by atoms with van der Waals surface area (Å²) in [6.45, 7) is 3.97. The van der Waals surface area contributed by atoms with E-state index in [1.165, 1.54) is 0 Å². The Morgan fingerprint density at radius 1 is 1.11 bits per heavy atom. The Hall–Kier alpha value is -0.280. The molecule has 0 amide bonds. The Labute approximate surface area is 119 Å². The zero-order chi connectivity index (χ0) is 13.8. The first-order valence-electron chi connectivity index (χ1n) is 6.09. The molecule has 2 nitrogen and oxygen atoms in total. The van der Waals surface area contributed by atoms with Gasteiger partial charge in [-0.25, -0.2) is 0 Å². The topological polar surface area (TPSA) is 40.5 Å². The van der Waals surface area contributed by atoms with Crippen LogP contribution in [0.4, 0.5) is 0 Å². The van der Waals surface area contributed by atoms with Crippen LogP contribution in [-0.2, 0) is 6.42 Å². The number of rotatable bonds is 6. The molecule has 4 heteroatoms. The first-order chi connectivity index (χ1) is 8.44. The van der Waals surface area contributed by atoms with Gasteiger partial charge in [-0.2, -0.15) is 0 Å². The number of aliphatic hydroxyl groups is 2. The summed E-state index contributed by atoms with van der Waals surface area (Å²) in [5.41, 5.74) is 0.229. The molecule has 0 radical (unpaired) electrons. The van der Waals surface area contributed by atoms with E-state index in [2.05, 4.69) is 13.8 Å². The van der Waals surface area contributed by atoms with E-state index < -0.39 is 5.41 Å². The molecule has 18 heavy (non-hydrogen) atoms. The summed E-state index contributed by atoms with van der Waals surface area (Å²) in [6.07, 6.45) is 1.21. The van der Waals surface area contributed by atoms with E-state index in [4.69, 9.17) is 23.2 Å². The molecule has 2 N–H and O–H groups in total. The molecule has 0 aliphatic carbocycles. The van der Waals surface area contributed by atoms with Gasteiger partial charge in [-0.3, -0.25) is 0 Å². The second-order valence-corrected chi connectivity index (χ2v) is 6.11. The highest BCUT2D eigenvalue weighted by molar-refractivity contribution is 6.36. The Balaban J connectivity index is 3.03. The third kappa shape index (κ3) is 3.86. The van der Waals surface area contributed by atoms with E-state index >= 15 is 0 Å². The lowest BCUT2D eigenvalue weighted by Crippen LogP contribution is -2.34. The molecular weight excluding hydrogens is 271 g/mol. The maximum atomic E-state index is 9.62. The molecule has 0 saturated heterocycles. The van der Waals surface area contributed by atoms with Crippen molar-refractivity contribution in [2.45, 2.75) is 26.7 Å². The van der Waals surface area contributed by atoms with Crippen molar-refractivity contribution in [2.75, 3.05) is 13.2 Å². The van der Waals surface area contributed by atoms with E-state index in [-0.39, 0.29) is 13.2 Å². The van der Waals surface area contributed by atoms with Crippen LogP contribution in [0.15, 0.2) is 18.2 Å². The lowest BCUT2D eigenvalue weighted by molar-refractivity contribution is 0.0370. The molecule has 0 fully saturated rings. The molecular formula is C14H20Cl2O2. The van der Waals surface area contributed by atoms with Crippen molar-refractivity contribution in [3.63, 3.8) is 0 Å². The van der Waals surface area contributed by atoms with E-state index in [0.717, 1.165) is 12.0 Å². The minimum absolute atomic E-state index is 0.0801. The molecule has 102 valence electrons. The fourth-order valence-corrected chi connectivity index (χ4v) is 2.84. The number of aliphatic hydroxyl groups excluding tert-OH is 2. The minimum Gasteiger partial charge on any atom is -0.396 e. The summed E-state index contributed by atoms with van der Waals surface area (Å²) in [5.74, 6) is 0.380. The van der Waals surface area contributed by atoms with Gasteiger partial charge < -0.3 is 10.2 Å². The smallest absolute Gasteiger partial charge is 0.0512 e. The molecule has 0 spiro atoms. The van der Waals surface area contributed by atoms with Crippen LogP contribution in [0.1, 0.15) is 25.8 Å². The predicted molar refractivity (Wildman–Crippen MR) is 76.2 cm³/mol. The fraction of sp³-hybridized carbons (Fsp3) is 0.571. The Morgan fingerprint density at radius 3 is 2.00 bits per heavy atom. The van der Waals surface area contributed by atoms with E-state index in [1.54, 1.807) is 18.2 Å². The summed E-state index contributed by atoms with van der Waals surface area (Å²) in [6, 6.07) is 5.34. The average molecular weight is 291 g/mol. The van der Waals surface area contributed by atoms with Crippen molar-refractivity contribution in [3.05, 3.63) is 33.8 Å². The first-order valence-corrected chi connectivity index (χ1v) is 6.84. The second-order valence-electron chi connectivity index (χ2n) is 5.29. The van der Waals surface area contributed by atoms with Gasteiger partial charge in [0.1, 0.15) is 0 Å². The van der Waals surface area contributed by atoms with E-state index in [1.807, 2.05) is 0 Å². The zero-order valence-electron chi connectivity index (χ0n) is 10.8. The van der Waals surface area contributed by atoms with E-state index in [9.17, 15) is 10.2 Å². The normalized spacial score (nSPS) is 12.2. The van der Waals surface area contributed by atoms with Crippen LogP contribution >= 0.6 is 23.2 Å². The molecule has 0 bridgehead atoms. The monoisotopic (exact) mass is 290 g/mol. The maximum Gasteiger partial charge on any atom is 0.0512 e. The molecule has 0 heterocycles. The third-order valence-electron chi connectivity index (χ3n) is 3.13. The van der Waals surface area contributed by atoms with Gasteiger partial charge in [-0.15, -0.1) is 0 Å². The highest BCUT2D eigenvalue weighted by Crippen LogP contribution is 2.35. The van der Waals surface area contributed by atoms with Crippen LogP contribution < -0.4 is 0 Å². The van der Waals surface area contributed by atoms with Crippen LogP contribution in [-0.4, -0.2) is 23.4 Å². The van der Waals surface area contributed by atoms with Crippen molar-refractivity contribution >= 4 is 23.2 Å². The van der Waals surface area contributed by atoms with Gasteiger partial charge in [-0.1, -0.05) is 43.1 Å².